The highest BCUT2D eigenvalue weighted by atomic mass is 35.5. The van der Waals surface area contributed by atoms with Crippen molar-refractivity contribution in [3.05, 3.63) is 88.4 Å². The number of ether oxygens (including phenoxy) is 3. The molecule has 3 aromatic carbocycles. The van der Waals surface area contributed by atoms with E-state index in [0.717, 1.165) is 5.56 Å². The topological polar surface area (TPSA) is 69.2 Å². The van der Waals surface area contributed by atoms with Crippen LogP contribution in [0.2, 0.25) is 5.02 Å². The Kier molecular flexibility index (Phi) is 7.29. The standard InChI is InChI=1S/C23H21ClN2O4/c1-28-21-11-12-22(29-2)18(13-21)14-25-26-23(27)17-5-9-20(10-6-17)30-15-16-3-7-19(24)8-4-16/h3-14H,15H2,1-2H3,(H,26,27)/b25-14+. The molecule has 1 amide bonds. The predicted molar refractivity (Wildman–Crippen MR) is 117 cm³/mol. The second-order valence-corrected chi connectivity index (χ2v) is 6.68. The minimum Gasteiger partial charge on any atom is -0.497 e. The van der Waals surface area contributed by atoms with E-state index in [4.69, 9.17) is 25.8 Å². The quantitative estimate of drug-likeness (QED) is 0.420. The van der Waals surface area contributed by atoms with E-state index in [1.807, 2.05) is 24.3 Å². The highest BCUT2D eigenvalue weighted by molar-refractivity contribution is 6.30. The summed E-state index contributed by atoms with van der Waals surface area (Å²) in [6.45, 7) is 0.412. The van der Waals surface area contributed by atoms with Crippen LogP contribution in [0.3, 0.4) is 0 Å². The third-order valence-corrected chi connectivity index (χ3v) is 4.49. The van der Waals surface area contributed by atoms with Crippen LogP contribution in [0.4, 0.5) is 0 Å². The van der Waals surface area contributed by atoms with Gasteiger partial charge in [-0.05, 0) is 60.2 Å². The van der Waals surface area contributed by atoms with E-state index in [9.17, 15) is 4.79 Å². The van der Waals surface area contributed by atoms with E-state index in [1.54, 1.807) is 56.7 Å². The predicted octanol–water partition coefficient (Wildman–Crippen LogP) is 4.70. The molecule has 0 aromatic heterocycles. The van der Waals surface area contributed by atoms with Crippen molar-refractivity contribution >= 4 is 23.7 Å². The Morgan fingerprint density at radius 1 is 0.967 bits per heavy atom. The Hall–Kier alpha value is -3.51. The third-order valence-electron chi connectivity index (χ3n) is 4.24. The Balaban J connectivity index is 1.57. The molecule has 3 rings (SSSR count). The molecule has 1 N–H and O–H groups in total. The van der Waals surface area contributed by atoms with Gasteiger partial charge in [-0.25, -0.2) is 5.43 Å². The smallest absolute Gasteiger partial charge is 0.271 e. The van der Waals surface area contributed by atoms with Gasteiger partial charge in [-0.2, -0.15) is 5.10 Å². The fraction of sp³-hybridized carbons (Fsp3) is 0.130. The van der Waals surface area contributed by atoms with Gasteiger partial charge >= 0.3 is 0 Å². The molecule has 7 heteroatoms. The summed E-state index contributed by atoms with van der Waals surface area (Å²) >= 11 is 5.88. The van der Waals surface area contributed by atoms with Gasteiger partial charge in [0.15, 0.2) is 0 Å². The molecule has 30 heavy (non-hydrogen) atoms. The number of rotatable bonds is 8. The lowest BCUT2D eigenvalue weighted by Gasteiger charge is -2.08. The van der Waals surface area contributed by atoms with E-state index in [1.165, 1.54) is 6.21 Å². The number of halogens is 1. The van der Waals surface area contributed by atoms with Crippen molar-refractivity contribution in [1.29, 1.82) is 0 Å². The molecule has 6 nitrogen and oxygen atoms in total. The highest BCUT2D eigenvalue weighted by Crippen LogP contribution is 2.22. The molecule has 3 aromatic rings. The number of amides is 1. The summed E-state index contributed by atoms with van der Waals surface area (Å²) in [5.41, 5.74) is 4.65. The maximum atomic E-state index is 12.3. The van der Waals surface area contributed by atoms with Crippen LogP contribution >= 0.6 is 11.6 Å². The molecule has 0 heterocycles. The lowest BCUT2D eigenvalue weighted by atomic mass is 10.2. The molecule has 0 aliphatic carbocycles. The van der Waals surface area contributed by atoms with Crippen molar-refractivity contribution < 1.29 is 19.0 Å². The molecule has 0 radical (unpaired) electrons. The molecule has 0 fully saturated rings. The van der Waals surface area contributed by atoms with Crippen LogP contribution in [0.5, 0.6) is 17.2 Å². The molecule has 0 atom stereocenters. The van der Waals surface area contributed by atoms with Gasteiger partial charge in [0.25, 0.3) is 5.91 Å². The van der Waals surface area contributed by atoms with Crippen LogP contribution in [0.15, 0.2) is 71.8 Å². The van der Waals surface area contributed by atoms with Crippen molar-refractivity contribution in [3.8, 4) is 17.2 Å². The number of hydrogen-bond donors (Lipinski definition) is 1. The van der Waals surface area contributed by atoms with E-state index in [2.05, 4.69) is 10.5 Å². The van der Waals surface area contributed by atoms with Gasteiger partial charge in [0, 0.05) is 16.1 Å². The maximum Gasteiger partial charge on any atom is 0.271 e. The summed E-state index contributed by atoms with van der Waals surface area (Å²) < 4.78 is 16.2. The van der Waals surface area contributed by atoms with Crippen LogP contribution in [-0.2, 0) is 6.61 Å². The van der Waals surface area contributed by atoms with Gasteiger partial charge in [0.05, 0.1) is 20.4 Å². The van der Waals surface area contributed by atoms with Crippen molar-refractivity contribution in [2.24, 2.45) is 5.10 Å². The zero-order valence-corrected chi connectivity index (χ0v) is 17.3. The molecule has 0 aliphatic rings. The van der Waals surface area contributed by atoms with Crippen LogP contribution < -0.4 is 19.6 Å². The fourth-order valence-corrected chi connectivity index (χ4v) is 2.74. The Labute approximate surface area is 180 Å². The first-order valence-corrected chi connectivity index (χ1v) is 9.49. The van der Waals surface area contributed by atoms with Crippen molar-refractivity contribution in [1.82, 2.24) is 5.43 Å². The van der Waals surface area contributed by atoms with Crippen molar-refractivity contribution in [3.63, 3.8) is 0 Å². The second-order valence-electron chi connectivity index (χ2n) is 6.25. The second kappa shape index (κ2) is 10.3. The molecule has 0 aliphatic heterocycles. The monoisotopic (exact) mass is 424 g/mol. The molecule has 0 unspecified atom stereocenters. The first-order chi connectivity index (χ1) is 14.6. The number of carbonyl (C=O) groups is 1. The minimum absolute atomic E-state index is 0.336. The molecular formula is C23H21ClN2O4. The Morgan fingerprint density at radius 3 is 2.33 bits per heavy atom. The van der Waals surface area contributed by atoms with E-state index in [-0.39, 0.29) is 5.91 Å². The average molecular weight is 425 g/mol. The fourth-order valence-electron chi connectivity index (χ4n) is 2.62. The molecular weight excluding hydrogens is 404 g/mol. The van der Waals surface area contributed by atoms with Crippen molar-refractivity contribution in [2.75, 3.05) is 14.2 Å². The SMILES string of the molecule is COc1ccc(OC)c(/C=N/NC(=O)c2ccc(OCc3ccc(Cl)cc3)cc2)c1. The lowest BCUT2D eigenvalue weighted by Crippen LogP contribution is -2.17. The molecule has 0 bridgehead atoms. The Bertz CT molecular complexity index is 1020. The number of nitrogens with zero attached hydrogens (tertiary/aromatic N) is 1. The largest absolute Gasteiger partial charge is 0.497 e. The minimum atomic E-state index is -0.336. The van der Waals surface area contributed by atoms with E-state index in [0.29, 0.717) is 40.0 Å². The van der Waals surface area contributed by atoms with Crippen LogP contribution in [0, 0.1) is 0 Å². The molecule has 154 valence electrons. The molecule has 0 saturated carbocycles. The van der Waals surface area contributed by atoms with Gasteiger partial charge in [-0.3, -0.25) is 4.79 Å². The number of hydrazone groups is 1. The van der Waals surface area contributed by atoms with Gasteiger partial charge in [-0.1, -0.05) is 23.7 Å². The van der Waals surface area contributed by atoms with Crippen molar-refractivity contribution in [2.45, 2.75) is 6.61 Å². The van der Waals surface area contributed by atoms with Crippen LogP contribution in [-0.4, -0.2) is 26.3 Å². The zero-order valence-electron chi connectivity index (χ0n) is 16.6. The highest BCUT2D eigenvalue weighted by Gasteiger charge is 2.06. The van der Waals surface area contributed by atoms with Gasteiger partial charge in [0.1, 0.15) is 23.9 Å². The summed E-state index contributed by atoms with van der Waals surface area (Å²) in [4.78, 5) is 12.3. The maximum absolute atomic E-state index is 12.3. The lowest BCUT2D eigenvalue weighted by molar-refractivity contribution is 0.0955. The number of carbonyl (C=O) groups excluding carboxylic acids is 1. The Morgan fingerprint density at radius 2 is 1.67 bits per heavy atom. The molecule has 0 saturated heterocycles. The number of hydrogen-bond acceptors (Lipinski definition) is 5. The number of benzene rings is 3. The normalized spacial score (nSPS) is 10.6. The van der Waals surface area contributed by atoms with Gasteiger partial charge < -0.3 is 14.2 Å². The summed E-state index contributed by atoms with van der Waals surface area (Å²) in [5, 5.41) is 4.69. The number of methoxy groups -OCH3 is 2. The van der Waals surface area contributed by atoms with Gasteiger partial charge in [0.2, 0.25) is 0 Å². The first kappa shape index (κ1) is 21.2. The van der Waals surface area contributed by atoms with Crippen LogP contribution in [0.1, 0.15) is 21.5 Å². The third kappa shape index (κ3) is 5.75. The zero-order chi connectivity index (χ0) is 21.3. The summed E-state index contributed by atoms with van der Waals surface area (Å²) in [6.07, 6.45) is 1.50. The number of nitrogens with one attached hydrogen (secondary N) is 1. The summed E-state index contributed by atoms with van der Waals surface area (Å²) in [6, 6.07) is 19.6. The summed E-state index contributed by atoms with van der Waals surface area (Å²) in [7, 11) is 3.14. The average Bonchev–Trinajstić information content (AvgIpc) is 2.79. The van der Waals surface area contributed by atoms with E-state index >= 15 is 0 Å². The summed E-state index contributed by atoms with van der Waals surface area (Å²) in [5.74, 6) is 1.61. The van der Waals surface area contributed by atoms with Crippen LogP contribution in [0.25, 0.3) is 0 Å². The molecule has 0 spiro atoms. The first-order valence-electron chi connectivity index (χ1n) is 9.12. The van der Waals surface area contributed by atoms with Gasteiger partial charge in [-0.15, -0.1) is 0 Å². The van der Waals surface area contributed by atoms with E-state index < -0.39 is 0 Å².